The summed E-state index contributed by atoms with van der Waals surface area (Å²) in [5.74, 6) is 0. The normalized spacial score (nSPS) is 14.0. The second-order valence-electron chi connectivity index (χ2n) is 23.3. The summed E-state index contributed by atoms with van der Waals surface area (Å²) < 4.78 is 14.1. The van der Waals surface area contributed by atoms with E-state index in [-0.39, 0.29) is 0 Å². The lowest BCUT2D eigenvalue weighted by molar-refractivity contribution is 0.669. The Bertz CT molecular complexity index is 4930. The van der Waals surface area contributed by atoms with Crippen LogP contribution in [0, 0.1) is 6.92 Å². The zero-order valence-corrected chi connectivity index (χ0v) is 45.8. The molecule has 15 aromatic rings. The Hall–Kier alpha value is -10.7. The van der Waals surface area contributed by atoms with Gasteiger partial charge in [-0.3, -0.25) is 0 Å². The van der Waals surface area contributed by atoms with Crippen LogP contribution in [0.15, 0.2) is 288 Å². The number of benzene rings is 13. The molecule has 2 spiro atoms. The third kappa shape index (κ3) is 5.75. The number of rotatable bonds is 5. The van der Waals surface area contributed by atoms with Crippen molar-refractivity contribution in [3.8, 4) is 66.8 Å². The molecule has 0 unspecified atom stereocenters. The first kappa shape index (κ1) is 45.9. The van der Waals surface area contributed by atoms with Crippen LogP contribution in [0.5, 0.6) is 0 Å². The molecular formula is C81H49NO2. The number of hydrogen-bond donors (Lipinski definition) is 0. The van der Waals surface area contributed by atoms with Crippen LogP contribution >= 0.6 is 0 Å². The van der Waals surface area contributed by atoms with Crippen LogP contribution in [-0.2, 0) is 10.8 Å². The minimum atomic E-state index is -0.668. The zero-order valence-electron chi connectivity index (χ0n) is 45.8. The Kier molecular flexibility index (Phi) is 9.13. The molecule has 2 heterocycles. The van der Waals surface area contributed by atoms with Gasteiger partial charge in [-0.2, -0.15) is 0 Å². The molecule has 4 aliphatic rings. The second kappa shape index (κ2) is 16.7. The third-order valence-electron chi connectivity index (χ3n) is 19.3. The summed E-state index contributed by atoms with van der Waals surface area (Å²) in [6.07, 6.45) is 0. The van der Waals surface area contributed by atoms with Crippen molar-refractivity contribution in [2.45, 2.75) is 17.8 Å². The van der Waals surface area contributed by atoms with Crippen LogP contribution < -0.4 is 4.90 Å². The fourth-order valence-electron chi connectivity index (χ4n) is 16.1. The van der Waals surface area contributed by atoms with Crippen molar-refractivity contribution in [3.63, 3.8) is 0 Å². The molecule has 4 aliphatic carbocycles. The molecule has 0 amide bonds. The number of aryl methyl sites for hydroxylation is 1. The third-order valence-corrected chi connectivity index (χ3v) is 19.3. The topological polar surface area (TPSA) is 29.5 Å². The van der Waals surface area contributed by atoms with E-state index >= 15 is 0 Å². The van der Waals surface area contributed by atoms with E-state index in [1.807, 2.05) is 0 Å². The molecule has 2 aromatic heterocycles. The Morgan fingerprint density at radius 2 is 0.631 bits per heavy atom. The summed E-state index contributed by atoms with van der Waals surface area (Å²) >= 11 is 0. The van der Waals surface area contributed by atoms with Gasteiger partial charge < -0.3 is 13.7 Å². The molecule has 0 bridgehead atoms. The molecule has 0 atom stereocenters. The summed E-state index contributed by atoms with van der Waals surface area (Å²) in [4.78, 5) is 2.52. The maximum atomic E-state index is 7.05. The number of fused-ring (bicyclic) bond motifs is 28. The molecular weight excluding hydrogens is 1020 g/mol. The predicted molar refractivity (Wildman–Crippen MR) is 344 cm³/mol. The quantitative estimate of drug-likeness (QED) is 0.172. The van der Waals surface area contributed by atoms with Crippen molar-refractivity contribution in [3.05, 3.63) is 329 Å². The van der Waals surface area contributed by atoms with E-state index in [9.17, 15) is 0 Å². The number of nitrogens with zero attached hydrogens (tertiary/aromatic N) is 1. The first-order valence-electron chi connectivity index (χ1n) is 29.2. The number of anilines is 3. The van der Waals surface area contributed by atoms with Crippen molar-refractivity contribution in [2.24, 2.45) is 0 Å². The van der Waals surface area contributed by atoms with E-state index in [1.165, 1.54) is 94.6 Å². The second-order valence-corrected chi connectivity index (χ2v) is 23.3. The van der Waals surface area contributed by atoms with E-state index in [0.717, 1.165) is 83.2 Å². The fourth-order valence-corrected chi connectivity index (χ4v) is 16.1. The Morgan fingerprint density at radius 3 is 1.05 bits per heavy atom. The smallest absolute Gasteiger partial charge is 0.143 e. The standard InChI is InChI=1S/C81H49NO2/c1-48-36-38-51(39-37-48)82(52-40-42-58-68(44-52)80(64-30-14-8-24-54(64)55-25-9-15-31-65(55)80)70-46-62(49-20-4-2-5-21-49)78-76(74(58)70)60-28-12-18-34-72(60)83-78)53-41-43-59-69(45-53)81(66-32-16-10-26-56(66)57-27-11-17-33-67(57)81)71-47-63(50-22-6-3-7-23-50)79-77(75(59)71)61-29-13-19-35-73(61)84-79/h2-47H,1H3. The predicted octanol–water partition coefficient (Wildman–Crippen LogP) is 21.3. The lowest BCUT2D eigenvalue weighted by Crippen LogP contribution is -2.27. The van der Waals surface area contributed by atoms with Crippen molar-refractivity contribution in [2.75, 3.05) is 4.90 Å². The van der Waals surface area contributed by atoms with E-state index < -0.39 is 10.8 Å². The van der Waals surface area contributed by atoms with Crippen LogP contribution in [0.1, 0.15) is 50.1 Å². The Balaban J connectivity index is 0.917. The van der Waals surface area contributed by atoms with Gasteiger partial charge in [0.1, 0.15) is 22.3 Å². The van der Waals surface area contributed by atoms with Crippen LogP contribution in [0.4, 0.5) is 17.1 Å². The van der Waals surface area contributed by atoms with Gasteiger partial charge in [0.05, 0.1) is 10.8 Å². The molecule has 0 saturated heterocycles. The summed E-state index contributed by atoms with van der Waals surface area (Å²) in [5, 5.41) is 4.55. The zero-order chi connectivity index (χ0) is 55.0. The molecule has 0 saturated carbocycles. The van der Waals surface area contributed by atoms with Crippen molar-refractivity contribution >= 4 is 60.9 Å². The van der Waals surface area contributed by atoms with Crippen LogP contribution in [0.3, 0.4) is 0 Å². The first-order valence-corrected chi connectivity index (χ1v) is 29.2. The minimum absolute atomic E-state index is 0.668. The number of hydrogen-bond acceptors (Lipinski definition) is 3. The van der Waals surface area contributed by atoms with Gasteiger partial charge in [0, 0.05) is 49.7 Å². The minimum Gasteiger partial charge on any atom is -0.455 e. The Labute approximate surface area is 485 Å². The molecule has 84 heavy (non-hydrogen) atoms. The Morgan fingerprint density at radius 1 is 0.274 bits per heavy atom. The van der Waals surface area contributed by atoms with Gasteiger partial charge in [0.25, 0.3) is 0 Å². The number of para-hydroxylation sites is 2. The monoisotopic (exact) mass is 1070 g/mol. The average molecular weight is 1070 g/mol. The highest BCUT2D eigenvalue weighted by Gasteiger charge is 2.55. The van der Waals surface area contributed by atoms with Gasteiger partial charge >= 0.3 is 0 Å². The highest BCUT2D eigenvalue weighted by atomic mass is 16.3. The van der Waals surface area contributed by atoms with Gasteiger partial charge in [-0.1, -0.05) is 224 Å². The number of furan rings is 2. The lowest BCUT2D eigenvalue weighted by Gasteiger charge is -2.33. The van der Waals surface area contributed by atoms with E-state index in [4.69, 9.17) is 8.83 Å². The van der Waals surface area contributed by atoms with Gasteiger partial charge in [0.15, 0.2) is 0 Å². The maximum absolute atomic E-state index is 7.05. The van der Waals surface area contributed by atoms with Gasteiger partial charge in [0.2, 0.25) is 0 Å². The largest absolute Gasteiger partial charge is 0.455 e. The van der Waals surface area contributed by atoms with E-state index in [1.54, 1.807) is 0 Å². The van der Waals surface area contributed by atoms with Crippen LogP contribution in [-0.4, -0.2) is 0 Å². The van der Waals surface area contributed by atoms with Gasteiger partial charge in [-0.05, 0) is 168 Å². The van der Waals surface area contributed by atoms with Gasteiger partial charge in [-0.25, -0.2) is 0 Å². The van der Waals surface area contributed by atoms with Crippen molar-refractivity contribution in [1.82, 2.24) is 0 Å². The lowest BCUT2D eigenvalue weighted by atomic mass is 9.70. The fraction of sp³-hybridized carbons (Fsp3) is 0.0370. The first-order chi connectivity index (χ1) is 41.6. The van der Waals surface area contributed by atoms with E-state index in [2.05, 4.69) is 291 Å². The summed E-state index contributed by atoms with van der Waals surface area (Å²) in [6, 6.07) is 104. The molecule has 13 aromatic carbocycles. The average Bonchev–Trinajstić information content (AvgIpc) is 1.73. The summed E-state index contributed by atoms with van der Waals surface area (Å²) in [7, 11) is 0. The molecule has 390 valence electrons. The van der Waals surface area contributed by atoms with Crippen molar-refractivity contribution < 1.29 is 8.83 Å². The van der Waals surface area contributed by atoms with Gasteiger partial charge in [-0.15, -0.1) is 0 Å². The summed E-state index contributed by atoms with van der Waals surface area (Å²) in [5.41, 5.74) is 31.3. The molecule has 0 fully saturated rings. The molecule has 0 aliphatic heterocycles. The molecule has 19 rings (SSSR count). The van der Waals surface area contributed by atoms with E-state index in [0.29, 0.717) is 0 Å². The highest BCUT2D eigenvalue weighted by molar-refractivity contribution is 6.21. The molecule has 3 nitrogen and oxygen atoms in total. The molecule has 0 radical (unpaired) electrons. The van der Waals surface area contributed by atoms with Crippen LogP contribution in [0.25, 0.3) is 111 Å². The SMILES string of the molecule is Cc1ccc(N(c2ccc3c(c2)C2(c4ccccc4-c4ccccc42)c2cc(-c4ccccc4)c4oc5ccccc5c4c2-3)c2ccc3c(c2)C2(c4ccccc4-c4ccccc42)c2cc(-c4ccccc4)c4oc5ccccc5c4c2-3)cc1. The summed E-state index contributed by atoms with van der Waals surface area (Å²) in [6.45, 7) is 2.18. The van der Waals surface area contributed by atoms with Crippen LogP contribution in [0.2, 0.25) is 0 Å². The maximum Gasteiger partial charge on any atom is 0.143 e. The molecule has 0 N–H and O–H groups in total. The molecule has 3 heteroatoms. The van der Waals surface area contributed by atoms with Crippen molar-refractivity contribution in [1.29, 1.82) is 0 Å². The highest BCUT2D eigenvalue weighted by Crippen LogP contribution is 2.68.